The van der Waals surface area contributed by atoms with Gasteiger partial charge < -0.3 is 24.8 Å². The van der Waals surface area contributed by atoms with Crippen LogP contribution in [-0.4, -0.2) is 69.4 Å². The van der Waals surface area contributed by atoms with Crippen LogP contribution in [0.15, 0.2) is 66.7 Å². The molecule has 1 amide bonds. The van der Waals surface area contributed by atoms with E-state index in [4.69, 9.17) is 9.47 Å². The van der Waals surface area contributed by atoms with Crippen LogP contribution in [0.1, 0.15) is 28.7 Å². The topological polar surface area (TPSA) is 74.3 Å². The Bertz CT molecular complexity index is 1160. The summed E-state index contributed by atoms with van der Waals surface area (Å²) in [4.78, 5) is 18.3. The second-order valence-corrected chi connectivity index (χ2v) is 9.90. The van der Waals surface area contributed by atoms with E-state index < -0.39 is 11.5 Å². The Balaban J connectivity index is 1.35. The molecule has 0 radical (unpaired) electrons. The molecule has 7 nitrogen and oxygen atoms in total. The van der Waals surface area contributed by atoms with Gasteiger partial charge in [-0.25, -0.2) is 0 Å². The fraction of sp³-hybridized carbons (Fsp3) is 0.387. The number of hydrogen-bond donors (Lipinski definition) is 2. The van der Waals surface area contributed by atoms with Gasteiger partial charge >= 0.3 is 0 Å². The second-order valence-electron chi connectivity index (χ2n) is 9.90. The third-order valence-electron chi connectivity index (χ3n) is 7.36. The first-order valence-corrected chi connectivity index (χ1v) is 13.2. The van der Waals surface area contributed by atoms with Crippen LogP contribution in [0.4, 0.5) is 5.69 Å². The Labute approximate surface area is 226 Å². The molecule has 202 valence electrons. The van der Waals surface area contributed by atoms with E-state index >= 15 is 0 Å². The zero-order valence-electron chi connectivity index (χ0n) is 22.9. The summed E-state index contributed by atoms with van der Waals surface area (Å²) >= 11 is 0. The summed E-state index contributed by atoms with van der Waals surface area (Å²) in [5.41, 5.74) is 3.04. The number of carbonyl (C=O) groups is 1. The van der Waals surface area contributed by atoms with Gasteiger partial charge in [0.2, 0.25) is 0 Å². The average molecular weight is 518 g/mol. The van der Waals surface area contributed by atoms with Crippen LogP contribution in [0.5, 0.6) is 11.5 Å². The minimum absolute atomic E-state index is 0.451. The van der Waals surface area contributed by atoms with Crippen LogP contribution >= 0.6 is 0 Å². The van der Waals surface area contributed by atoms with E-state index in [9.17, 15) is 9.90 Å². The Kier molecular flexibility index (Phi) is 8.92. The number of methoxy groups -OCH3 is 2. The van der Waals surface area contributed by atoms with Crippen LogP contribution in [-0.2, 0) is 10.4 Å². The van der Waals surface area contributed by atoms with Crippen molar-refractivity contribution in [1.82, 2.24) is 10.2 Å². The first kappa shape index (κ1) is 27.5. The van der Waals surface area contributed by atoms with Crippen molar-refractivity contribution in [2.45, 2.75) is 25.9 Å². The van der Waals surface area contributed by atoms with Gasteiger partial charge in [0.05, 0.1) is 14.2 Å². The number of aryl methyl sites for hydroxylation is 2. The highest BCUT2D eigenvalue weighted by Gasteiger charge is 2.40. The number of amides is 1. The molecule has 1 aliphatic rings. The van der Waals surface area contributed by atoms with Gasteiger partial charge in [-0.15, -0.1) is 0 Å². The Morgan fingerprint density at radius 1 is 0.868 bits per heavy atom. The molecule has 3 aromatic rings. The van der Waals surface area contributed by atoms with E-state index in [1.54, 1.807) is 62.8 Å². The molecule has 0 bridgehead atoms. The quantitative estimate of drug-likeness (QED) is 0.398. The monoisotopic (exact) mass is 517 g/mol. The molecule has 3 aromatic carbocycles. The average Bonchev–Trinajstić information content (AvgIpc) is 2.96. The molecule has 1 fully saturated rings. The van der Waals surface area contributed by atoms with Crippen molar-refractivity contribution < 1.29 is 19.4 Å². The van der Waals surface area contributed by atoms with E-state index in [1.165, 1.54) is 16.8 Å². The summed E-state index contributed by atoms with van der Waals surface area (Å²) in [6.07, 6.45) is 0.802. The Morgan fingerprint density at radius 3 is 1.95 bits per heavy atom. The molecule has 0 atom stereocenters. The molecule has 0 aromatic heterocycles. The van der Waals surface area contributed by atoms with Crippen molar-refractivity contribution in [3.8, 4) is 11.5 Å². The number of piperazine rings is 1. The van der Waals surface area contributed by atoms with Crippen molar-refractivity contribution >= 4 is 11.6 Å². The smallest absolute Gasteiger partial charge is 0.261 e. The number of nitrogens with zero attached hydrogens (tertiary/aromatic N) is 2. The van der Waals surface area contributed by atoms with Gasteiger partial charge in [-0.1, -0.05) is 36.4 Å². The summed E-state index contributed by atoms with van der Waals surface area (Å²) in [6.45, 7) is 9.64. The number of anilines is 1. The van der Waals surface area contributed by atoms with Crippen LogP contribution in [0.3, 0.4) is 0 Å². The Morgan fingerprint density at radius 2 is 1.42 bits per heavy atom. The van der Waals surface area contributed by atoms with Gasteiger partial charge in [-0.3, -0.25) is 9.69 Å². The molecule has 0 aliphatic carbocycles. The first-order chi connectivity index (χ1) is 18.3. The number of nitrogens with one attached hydrogen (secondary N) is 1. The van der Waals surface area contributed by atoms with Crippen LogP contribution in [0, 0.1) is 13.8 Å². The van der Waals surface area contributed by atoms with Crippen molar-refractivity contribution in [3.05, 3.63) is 89.0 Å². The molecule has 1 saturated heterocycles. The van der Waals surface area contributed by atoms with Gasteiger partial charge in [0.1, 0.15) is 11.5 Å². The normalized spacial score (nSPS) is 14.3. The lowest BCUT2D eigenvalue weighted by Crippen LogP contribution is -2.48. The van der Waals surface area contributed by atoms with Crippen LogP contribution < -0.4 is 19.7 Å². The van der Waals surface area contributed by atoms with E-state index in [1.807, 2.05) is 0 Å². The summed E-state index contributed by atoms with van der Waals surface area (Å²) in [5.74, 6) is 0.861. The summed E-state index contributed by atoms with van der Waals surface area (Å²) < 4.78 is 10.5. The maximum Gasteiger partial charge on any atom is 0.261 e. The lowest BCUT2D eigenvalue weighted by molar-refractivity contribution is -0.136. The predicted octanol–water partition coefficient (Wildman–Crippen LogP) is 3.89. The van der Waals surface area contributed by atoms with Crippen molar-refractivity contribution in [2.75, 3.05) is 58.4 Å². The number of hydrogen-bond acceptors (Lipinski definition) is 6. The van der Waals surface area contributed by atoms with Gasteiger partial charge in [-0.05, 0) is 79.4 Å². The maximum absolute atomic E-state index is 13.4. The molecule has 4 rings (SSSR count). The van der Waals surface area contributed by atoms with Crippen LogP contribution in [0.2, 0.25) is 0 Å². The number of aliphatic hydroxyl groups is 1. The number of carbonyl (C=O) groups excluding carboxylic acids is 1. The fourth-order valence-corrected chi connectivity index (χ4v) is 5.00. The first-order valence-electron chi connectivity index (χ1n) is 13.2. The molecular formula is C31H39N3O4. The largest absolute Gasteiger partial charge is 0.497 e. The summed E-state index contributed by atoms with van der Waals surface area (Å²) in [5, 5.41) is 14.7. The third-order valence-corrected chi connectivity index (χ3v) is 7.36. The van der Waals surface area contributed by atoms with Gasteiger partial charge in [0, 0.05) is 38.4 Å². The lowest BCUT2D eigenvalue weighted by atomic mass is 9.85. The SMILES string of the molecule is COc1ccc(C(O)(C(=O)NCCCN2CCN(c3cc(C)ccc3C)CC2)c2ccc(OC)cc2)cc1. The predicted molar refractivity (Wildman–Crippen MR) is 151 cm³/mol. The molecule has 0 spiro atoms. The van der Waals surface area contributed by atoms with Gasteiger partial charge in [0.25, 0.3) is 5.91 Å². The van der Waals surface area contributed by atoms with E-state index in [2.05, 4.69) is 47.2 Å². The second kappa shape index (κ2) is 12.3. The fourth-order valence-electron chi connectivity index (χ4n) is 5.00. The summed E-state index contributed by atoms with van der Waals surface area (Å²) in [6, 6.07) is 20.5. The molecular weight excluding hydrogens is 478 g/mol. The van der Waals surface area contributed by atoms with Crippen molar-refractivity contribution in [1.29, 1.82) is 0 Å². The highest BCUT2D eigenvalue weighted by molar-refractivity contribution is 5.90. The highest BCUT2D eigenvalue weighted by atomic mass is 16.5. The molecule has 1 aliphatic heterocycles. The molecule has 0 unspecified atom stereocenters. The van der Waals surface area contributed by atoms with Gasteiger partial charge in [0.15, 0.2) is 5.60 Å². The van der Waals surface area contributed by atoms with E-state index in [0.717, 1.165) is 39.1 Å². The zero-order chi connectivity index (χ0) is 27.1. The highest BCUT2D eigenvalue weighted by Crippen LogP contribution is 2.32. The number of ether oxygens (including phenoxy) is 2. The number of rotatable bonds is 10. The van der Waals surface area contributed by atoms with Crippen molar-refractivity contribution in [3.63, 3.8) is 0 Å². The number of benzene rings is 3. The van der Waals surface area contributed by atoms with Crippen LogP contribution in [0.25, 0.3) is 0 Å². The molecule has 0 saturated carbocycles. The molecule has 1 heterocycles. The standard InChI is InChI=1S/C31H39N3O4/c1-23-6-7-24(2)29(22-23)34-20-18-33(19-21-34)17-5-16-32-30(35)31(36,25-8-12-27(37-3)13-9-25)26-10-14-28(38-4)15-11-26/h6-15,22,36H,5,16-21H2,1-4H3,(H,32,35). The van der Waals surface area contributed by atoms with Crippen molar-refractivity contribution in [2.24, 2.45) is 0 Å². The third kappa shape index (κ3) is 6.11. The molecule has 38 heavy (non-hydrogen) atoms. The zero-order valence-corrected chi connectivity index (χ0v) is 22.9. The van der Waals surface area contributed by atoms with E-state index in [0.29, 0.717) is 29.2 Å². The Hall–Kier alpha value is -3.55. The summed E-state index contributed by atoms with van der Waals surface area (Å²) in [7, 11) is 3.17. The maximum atomic E-state index is 13.4. The minimum atomic E-state index is -1.84. The minimum Gasteiger partial charge on any atom is -0.497 e. The molecule has 7 heteroatoms. The van der Waals surface area contributed by atoms with E-state index in [-0.39, 0.29) is 0 Å². The molecule has 2 N–H and O–H groups in total. The van der Waals surface area contributed by atoms with Gasteiger partial charge in [-0.2, -0.15) is 0 Å². The lowest BCUT2D eigenvalue weighted by Gasteiger charge is -2.37.